The lowest BCUT2D eigenvalue weighted by Crippen LogP contribution is -2.42. The Bertz CT molecular complexity index is 992. The lowest BCUT2D eigenvalue weighted by Gasteiger charge is -2.22. The molecule has 0 unspecified atom stereocenters. The zero-order valence-electron chi connectivity index (χ0n) is 18.6. The monoisotopic (exact) mass is 558 g/mol. The number of rotatable bonds is 12. The van der Waals surface area contributed by atoms with E-state index in [9.17, 15) is 23.1 Å². The van der Waals surface area contributed by atoms with Gasteiger partial charge < -0.3 is 15.2 Å². The topological polar surface area (TPSA) is 82.3 Å². The van der Waals surface area contributed by atoms with Crippen LogP contribution in [0, 0.1) is 11.3 Å². The Kier molecular flexibility index (Phi) is 10.7. The van der Waals surface area contributed by atoms with Gasteiger partial charge in [0.15, 0.2) is 0 Å². The van der Waals surface area contributed by atoms with Crippen LogP contribution in [0.1, 0.15) is 43.7 Å². The zero-order valence-corrected chi connectivity index (χ0v) is 21.0. The number of hydrogen-bond donors (Lipinski definition) is 2. The molecule has 34 heavy (non-hydrogen) atoms. The predicted molar refractivity (Wildman–Crippen MR) is 130 cm³/mol. The normalized spacial score (nSPS) is 13.1. The molecule has 0 heterocycles. The second-order valence-corrected chi connectivity index (χ2v) is 9.65. The number of nitrogens with one attached hydrogen (secondary N) is 1. The molecule has 0 radical (unpaired) electrons. The number of unbranched alkanes of at least 4 members (excludes halogenated alkanes) is 3. The van der Waals surface area contributed by atoms with Crippen molar-refractivity contribution in [2.24, 2.45) is 0 Å². The van der Waals surface area contributed by atoms with Gasteiger partial charge in [-0.3, -0.25) is 4.79 Å². The highest BCUT2D eigenvalue weighted by molar-refractivity contribution is 9.09. The Labute approximate surface area is 209 Å². The van der Waals surface area contributed by atoms with Gasteiger partial charge in [-0.1, -0.05) is 28.8 Å². The largest absolute Gasteiger partial charge is 0.494 e. The lowest BCUT2D eigenvalue weighted by atomic mass is 10.1. The third kappa shape index (κ3) is 8.85. The molecule has 0 bridgehead atoms. The summed E-state index contributed by atoms with van der Waals surface area (Å²) in [4.78, 5) is 13.3. The molecule has 0 aliphatic rings. The molecular weight excluding hydrogens is 533 g/mol. The fourth-order valence-corrected chi connectivity index (χ4v) is 4.19. The first-order chi connectivity index (χ1) is 16.1. The fraction of sp³-hybridized carbons (Fsp3) is 0.417. The van der Waals surface area contributed by atoms with Gasteiger partial charge in [0, 0.05) is 21.7 Å². The summed E-state index contributed by atoms with van der Waals surface area (Å²) in [6, 6.07) is 11.6. The third-order valence-electron chi connectivity index (χ3n) is 4.83. The lowest BCUT2D eigenvalue weighted by molar-refractivity contribution is -0.137. The van der Waals surface area contributed by atoms with E-state index in [1.54, 1.807) is 0 Å². The maximum atomic E-state index is 13.1. The number of aliphatic hydroxyl groups is 1. The summed E-state index contributed by atoms with van der Waals surface area (Å²) in [6.45, 7) is 1.92. The molecule has 1 amide bonds. The van der Waals surface area contributed by atoms with Crippen LogP contribution in [-0.2, 0) is 11.0 Å². The number of carbonyl (C=O) groups excluding carboxylic acids is 1. The summed E-state index contributed by atoms with van der Waals surface area (Å²) >= 11 is 4.64. The van der Waals surface area contributed by atoms with Crippen LogP contribution in [0.25, 0.3) is 0 Å². The molecule has 2 N–H and O–H groups in total. The average molecular weight is 559 g/mol. The average Bonchev–Trinajstić information content (AvgIpc) is 2.80. The van der Waals surface area contributed by atoms with Gasteiger partial charge in [0.1, 0.15) is 11.4 Å². The summed E-state index contributed by atoms with van der Waals surface area (Å²) < 4.78 is 45.1. The van der Waals surface area contributed by atoms with E-state index in [2.05, 4.69) is 21.2 Å². The molecule has 2 rings (SSSR count). The molecule has 0 aliphatic heterocycles. The van der Waals surface area contributed by atoms with E-state index in [0.717, 1.165) is 47.7 Å². The Hall–Kier alpha value is -2.22. The van der Waals surface area contributed by atoms with Gasteiger partial charge in [-0.15, -0.1) is 11.8 Å². The maximum Gasteiger partial charge on any atom is 0.417 e. The molecule has 184 valence electrons. The van der Waals surface area contributed by atoms with Crippen LogP contribution in [-0.4, -0.2) is 34.3 Å². The van der Waals surface area contributed by atoms with Crippen molar-refractivity contribution in [3.8, 4) is 11.8 Å². The highest BCUT2D eigenvalue weighted by atomic mass is 79.9. The Balaban J connectivity index is 1.89. The van der Waals surface area contributed by atoms with Crippen LogP contribution in [0.2, 0.25) is 0 Å². The second kappa shape index (κ2) is 13.0. The number of anilines is 1. The molecular formula is C24H26BrF3N2O3S. The van der Waals surface area contributed by atoms with Crippen molar-refractivity contribution in [2.45, 2.75) is 49.3 Å². The van der Waals surface area contributed by atoms with Crippen molar-refractivity contribution in [1.29, 1.82) is 5.26 Å². The minimum Gasteiger partial charge on any atom is -0.494 e. The van der Waals surface area contributed by atoms with E-state index in [0.29, 0.717) is 12.7 Å². The van der Waals surface area contributed by atoms with E-state index < -0.39 is 28.8 Å². The van der Waals surface area contributed by atoms with Gasteiger partial charge in [-0.25, -0.2) is 0 Å². The number of alkyl halides is 4. The Morgan fingerprint density at radius 3 is 2.44 bits per heavy atom. The number of ether oxygens (including phenoxy) is 1. The molecule has 2 aromatic carbocycles. The van der Waals surface area contributed by atoms with E-state index in [-0.39, 0.29) is 11.4 Å². The van der Waals surface area contributed by atoms with Crippen LogP contribution in [0.4, 0.5) is 18.9 Å². The van der Waals surface area contributed by atoms with Crippen molar-refractivity contribution < 1.29 is 27.8 Å². The van der Waals surface area contributed by atoms with Crippen molar-refractivity contribution in [3.63, 3.8) is 0 Å². The van der Waals surface area contributed by atoms with Crippen LogP contribution in [0.3, 0.4) is 0 Å². The first-order valence-electron chi connectivity index (χ1n) is 10.6. The molecule has 0 saturated carbocycles. The fourth-order valence-electron chi connectivity index (χ4n) is 2.88. The number of amides is 1. The second-order valence-electron chi connectivity index (χ2n) is 7.81. The number of nitriles is 1. The quantitative estimate of drug-likeness (QED) is 0.179. The Morgan fingerprint density at radius 2 is 1.82 bits per heavy atom. The van der Waals surface area contributed by atoms with Crippen LogP contribution in [0.15, 0.2) is 47.4 Å². The molecule has 1 atom stereocenters. The predicted octanol–water partition coefficient (Wildman–Crippen LogP) is 6.39. The molecule has 10 heteroatoms. The number of carbonyl (C=O) groups is 1. The molecule has 0 aromatic heterocycles. The van der Waals surface area contributed by atoms with Gasteiger partial charge in [0.2, 0.25) is 0 Å². The van der Waals surface area contributed by atoms with E-state index in [1.165, 1.54) is 30.8 Å². The molecule has 2 aromatic rings. The Morgan fingerprint density at radius 1 is 1.15 bits per heavy atom. The van der Waals surface area contributed by atoms with E-state index in [1.807, 2.05) is 24.3 Å². The summed E-state index contributed by atoms with van der Waals surface area (Å²) in [7, 11) is 0. The summed E-state index contributed by atoms with van der Waals surface area (Å²) in [5.41, 5.74) is -3.70. The number of thioether (sulfide) groups is 1. The van der Waals surface area contributed by atoms with Gasteiger partial charge in [-0.05, 0) is 62.2 Å². The number of nitrogens with zero attached hydrogens (tertiary/aromatic N) is 1. The summed E-state index contributed by atoms with van der Waals surface area (Å²) in [5.74, 6) is -0.136. The minimum absolute atomic E-state index is 0.0188. The molecule has 5 nitrogen and oxygen atoms in total. The van der Waals surface area contributed by atoms with Crippen molar-refractivity contribution >= 4 is 39.3 Å². The van der Waals surface area contributed by atoms with Gasteiger partial charge >= 0.3 is 6.18 Å². The number of halogens is 4. The first-order valence-corrected chi connectivity index (χ1v) is 12.7. The SMILES string of the molecule is C[C@](O)(CSc1ccc(OCCCCCCBr)cc1)C(=O)Nc1ccc(C#N)c(C(F)(F)F)c1. The highest BCUT2D eigenvalue weighted by Gasteiger charge is 2.35. The van der Waals surface area contributed by atoms with Crippen LogP contribution in [0.5, 0.6) is 5.75 Å². The van der Waals surface area contributed by atoms with E-state index in [4.69, 9.17) is 10.00 Å². The van der Waals surface area contributed by atoms with Crippen molar-refractivity contribution in [3.05, 3.63) is 53.6 Å². The van der Waals surface area contributed by atoms with Gasteiger partial charge in [0.25, 0.3) is 5.91 Å². The van der Waals surface area contributed by atoms with Crippen molar-refractivity contribution in [1.82, 2.24) is 0 Å². The first kappa shape index (κ1) is 28.0. The number of hydrogen-bond acceptors (Lipinski definition) is 5. The highest BCUT2D eigenvalue weighted by Crippen LogP contribution is 2.34. The molecule has 0 spiro atoms. The standard InChI is InChI=1S/C24H26BrF3N2O3S/c1-23(32,22(31)30-18-7-6-17(15-29)21(14-18)24(26,27)28)16-34-20-10-8-19(9-11-20)33-13-5-3-2-4-12-25/h6-11,14,32H,2-5,12-13,16H2,1H3,(H,30,31)/t23-/m0/s1. The minimum atomic E-state index is -4.74. The summed E-state index contributed by atoms with van der Waals surface area (Å²) in [6.07, 6.45) is -0.350. The van der Waals surface area contributed by atoms with Crippen LogP contribution < -0.4 is 10.1 Å². The van der Waals surface area contributed by atoms with Crippen molar-refractivity contribution in [2.75, 3.05) is 23.0 Å². The number of benzene rings is 2. The smallest absolute Gasteiger partial charge is 0.417 e. The van der Waals surface area contributed by atoms with Gasteiger partial charge in [-0.2, -0.15) is 18.4 Å². The molecule has 0 fully saturated rings. The zero-order chi connectivity index (χ0) is 25.2. The molecule has 0 saturated heterocycles. The van der Waals surface area contributed by atoms with E-state index >= 15 is 0 Å². The van der Waals surface area contributed by atoms with Gasteiger partial charge in [0.05, 0.1) is 23.8 Å². The van der Waals surface area contributed by atoms with Crippen LogP contribution >= 0.6 is 27.7 Å². The maximum absolute atomic E-state index is 13.1. The third-order valence-corrected chi connectivity index (χ3v) is 6.71. The summed E-state index contributed by atoms with van der Waals surface area (Å²) in [5, 5.41) is 22.7. The molecule has 0 aliphatic carbocycles.